The number of carboxylic acid groups (broad SMARTS) is 1. The molecule has 1 atom stereocenters. The summed E-state index contributed by atoms with van der Waals surface area (Å²) in [7, 11) is 0. The van der Waals surface area contributed by atoms with E-state index in [1.165, 1.54) is 12.1 Å². The van der Waals surface area contributed by atoms with E-state index < -0.39 is 23.6 Å². The summed E-state index contributed by atoms with van der Waals surface area (Å²) in [5, 5.41) is 12.1. The van der Waals surface area contributed by atoms with E-state index in [0.717, 1.165) is 18.1 Å². The fourth-order valence-corrected chi connectivity index (χ4v) is 3.06. The van der Waals surface area contributed by atoms with Crippen molar-refractivity contribution in [1.29, 1.82) is 0 Å². The number of carbonyl (C=O) groups excluding carboxylic acids is 1. The summed E-state index contributed by atoms with van der Waals surface area (Å²) < 4.78 is 19.7. The number of rotatable bonds is 10. The Kier molecular flexibility index (Phi) is 8.46. The maximum Gasteiger partial charge on any atom is 0.306 e. The van der Waals surface area contributed by atoms with Gasteiger partial charge in [0.25, 0.3) is 0 Å². The van der Waals surface area contributed by atoms with Gasteiger partial charge in [0, 0.05) is 10.6 Å². The molecule has 1 amide bonds. The average Bonchev–Trinajstić information content (AvgIpc) is 2.67. The molecule has 1 unspecified atom stereocenters. The predicted octanol–water partition coefficient (Wildman–Crippen LogP) is 5.10. The Morgan fingerprint density at radius 3 is 2.59 bits per heavy atom. The summed E-state index contributed by atoms with van der Waals surface area (Å²) in [5.41, 5.74) is 1.48. The molecular formula is C22H25ClFNO4. The number of hydrogen-bond acceptors (Lipinski definition) is 3. The van der Waals surface area contributed by atoms with Gasteiger partial charge in [-0.05, 0) is 49.1 Å². The van der Waals surface area contributed by atoms with E-state index in [-0.39, 0.29) is 17.1 Å². The molecule has 156 valence electrons. The molecule has 0 fully saturated rings. The molecule has 0 spiro atoms. The maximum atomic E-state index is 13.9. The van der Waals surface area contributed by atoms with E-state index in [0.29, 0.717) is 30.8 Å². The Bertz CT molecular complexity index is 872. The molecule has 0 aliphatic heterocycles. The second kappa shape index (κ2) is 10.8. The molecule has 2 aromatic carbocycles. The van der Waals surface area contributed by atoms with Crippen LogP contribution in [-0.2, 0) is 22.4 Å². The molecular weight excluding hydrogens is 397 g/mol. The lowest BCUT2D eigenvalue weighted by atomic mass is 9.95. The Balaban J connectivity index is 2.21. The number of hydrogen-bond donors (Lipinski definition) is 2. The van der Waals surface area contributed by atoms with Crippen molar-refractivity contribution in [2.75, 3.05) is 11.9 Å². The predicted molar refractivity (Wildman–Crippen MR) is 111 cm³/mol. The van der Waals surface area contributed by atoms with E-state index in [2.05, 4.69) is 5.32 Å². The summed E-state index contributed by atoms with van der Waals surface area (Å²) in [6.07, 6.45) is 1.65. The minimum atomic E-state index is -0.851. The highest BCUT2D eigenvalue weighted by atomic mass is 35.5. The fraction of sp³-hybridized carbons (Fsp3) is 0.364. The standard InChI is InChI=1S/C22H25ClFNO4/c1-3-9-29-20-8-5-14(10-15(4-2)22(27)28)11-16(20)12-21(26)25-19-7-6-17(23)13-18(19)24/h5-8,11,13,15H,3-4,9-10,12H2,1-2H3,(H,25,26)(H,27,28). The summed E-state index contributed by atoms with van der Waals surface area (Å²) in [6.45, 7) is 4.29. The SMILES string of the molecule is CCCOc1ccc(CC(CC)C(=O)O)cc1CC(=O)Nc1ccc(Cl)cc1F. The number of amides is 1. The molecule has 0 aliphatic rings. The molecule has 29 heavy (non-hydrogen) atoms. The number of nitrogens with one attached hydrogen (secondary N) is 1. The largest absolute Gasteiger partial charge is 0.493 e. The first-order valence-electron chi connectivity index (χ1n) is 9.56. The van der Waals surface area contributed by atoms with Crippen molar-refractivity contribution in [3.8, 4) is 5.75 Å². The third-order valence-corrected chi connectivity index (χ3v) is 4.70. The molecule has 2 N–H and O–H groups in total. The molecule has 2 aromatic rings. The highest BCUT2D eigenvalue weighted by molar-refractivity contribution is 6.30. The van der Waals surface area contributed by atoms with Crippen LogP contribution in [0.1, 0.15) is 37.8 Å². The summed E-state index contributed by atoms with van der Waals surface area (Å²) in [6, 6.07) is 9.38. The van der Waals surface area contributed by atoms with Crippen LogP contribution in [0.4, 0.5) is 10.1 Å². The lowest BCUT2D eigenvalue weighted by Crippen LogP contribution is -2.17. The minimum absolute atomic E-state index is 0.0290. The van der Waals surface area contributed by atoms with Crippen LogP contribution in [0.25, 0.3) is 0 Å². The lowest BCUT2D eigenvalue weighted by Gasteiger charge is -2.15. The number of anilines is 1. The highest BCUT2D eigenvalue weighted by Crippen LogP contribution is 2.25. The molecule has 0 bridgehead atoms. The molecule has 0 heterocycles. The second-order valence-electron chi connectivity index (χ2n) is 6.79. The summed E-state index contributed by atoms with van der Waals surface area (Å²) in [4.78, 5) is 23.8. The zero-order chi connectivity index (χ0) is 21.4. The molecule has 0 saturated carbocycles. The Labute approximate surface area is 174 Å². The number of benzene rings is 2. The third-order valence-electron chi connectivity index (χ3n) is 4.47. The maximum absolute atomic E-state index is 13.9. The van der Waals surface area contributed by atoms with E-state index in [4.69, 9.17) is 16.3 Å². The first-order chi connectivity index (χ1) is 13.8. The van der Waals surface area contributed by atoms with E-state index >= 15 is 0 Å². The Morgan fingerprint density at radius 2 is 1.97 bits per heavy atom. The zero-order valence-electron chi connectivity index (χ0n) is 16.5. The quantitative estimate of drug-likeness (QED) is 0.559. The van der Waals surface area contributed by atoms with Gasteiger partial charge in [0.2, 0.25) is 5.91 Å². The molecule has 0 aliphatic carbocycles. The first kappa shape index (κ1) is 22.7. The summed E-state index contributed by atoms with van der Waals surface area (Å²) >= 11 is 5.73. The van der Waals surface area contributed by atoms with Crippen molar-refractivity contribution in [3.63, 3.8) is 0 Å². The summed E-state index contributed by atoms with van der Waals surface area (Å²) in [5.74, 6) is -1.81. The first-order valence-corrected chi connectivity index (χ1v) is 9.94. The molecule has 0 radical (unpaired) electrons. The second-order valence-corrected chi connectivity index (χ2v) is 7.22. The van der Waals surface area contributed by atoms with Gasteiger partial charge < -0.3 is 15.2 Å². The van der Waals surface area contributed by atoms with Crippen molar-refractivity contribution in [2.45, 2.75) is 39.5 Å². The number of carbonyl (C=O) groups is 2. The van der Waals surface area contributed by atoms with Crippen molar-refractivity contribution >= 4 is 29.2 Å². The minimum Gasteiger partial charge on any atom is -0.493 e. The average molecular weight is 422 g/mol. The van der Waals surface area contributed by atoms with Crippen molar-refractivity contribution in [2.24, 2.45) is 5.92 Å². The van der Waals surface area contributed by atoms with E-state index in [1.807, 2.05) is 19.9 Å². The third kappa shape index (κ3) is 6.75. The number of ether oxygens (including phenoxy) is 1. The molecule has 7 heteroatoms. The number of aliphatic carboxylic acids is 1. The molecule has 0 aromatic heterocycles. The Hall–Kier alpha value is -2.60. The monoisotopic (exact) mass is 421 g/mol. The van der Waals surface area contributed by atoms with Crippen LogP contribution in [0, 0.1) is 11.7 Å². The molecule has 2 rings (SSSR count). The highest BCUT2D eigenvalue weighted by Gasteiger charge is 2.18. The van der Waals surface area contributed by atoms with Gasteiger partial charge in [-0.15, -0.1) is 0 Å². The molecule has 0 saturated heterocycles. The van der Waals surface area contributed by atoms with Crippen molar-refractivity contribution < 1.29 is 23.8 Å². The number of carboxylic acids is 1. The van der Waals surface area contributed by atoms with Crippen LogP contribution in [0.2, 0.25) is 5.02 Å². The van der Waals surface area contributed by atoms with Gasteiger partial charge in [-0.2, -0.15) is 0 Å². The fourth-order valence-electron chi connectivity index (χ4n) is 2.90. The van der Waals surface area contributed by atoms with Gasteiger partial charge in [0.15, 0.2) is 0 Å². The lowest BCUT2D eigenvalue weighted by molar-refractivity contribution is -0.141. The van der Waals surface area contributed by atoms with Gasteiger partial charge >= 0.3 is 5.97 Å². The van der Waals surface area contributed by atoms with E-state index in [9.17, 15) is 19.1 Å². The zero-order valence-corrected chi connectivity index (χ0v) is 17.3. The Morgan fingerprint density at radius 1 is 1.21 bits per heavy atom. The van der Waals surface area contributed by atoms with E-state index in [1.54, 1.807) is 12.1 Å². The number of halogens is 2. The van der Waals surface area contributed by atoms with Crippen LogP contribution < -0.4 is 10.1 Å². The van der Waals surface area contributed by atoms with Gasteiger partial charge in [0.05, 0.1) is 24.6 Å². The van der Waals surface area contributed by atoms with Crippen LogP contribution in [0.3, 0.4) is 0 Å². The van der Waals surface area contributed by atoms with Crippen molar-refractivity contribution in [3.05, 3.63) is 58.4 Å². The van der Waals surface area contributed by atoms with Crippen molar-refractivity contribution in [1.82, 2.24) is 0 Å². The van der Waals surface area contributed by atoms with Crippen LogP contribution in [0.5, 0.6) is 5.75 Å². The van der Waals surface area contributed by atoms with Gasteiger partial charge in [-0.1, -0.05) is 37.6 Å². The van der Waals surface area contributed by atoms with Gasteiger partial charge in [-0.3, -0.25) is 9.59 Å². The molecule has 5 nitrogen and oxygen atoms in total. The van der Waals surface area contributed by atoms with Crippen LogP contribution in [-0.4, -0.2) is 23.6 Å². The van der Waals surface area contributed by atoms with Gasteiger partial charge in [0.1, 0.15) is 11.6 Å². The van der Waals surface area contributed by atoms with Crippen LogP contribution >= 0.6 is 11.6 Å². The van der Waals surface area contributed by atoms with Gasteiger partial charge in [-0.25, -0.2) is 4.39 Å². The normalized spacial score (nSPS) is 11.7. The topological polar surface area (TPSA) is 75.6 Å². The van der Waals surface area contributed by atoms with Crippen LogP contribution in [0.15, 0.2) is 36.4 Å². The smallest absolute Gasteiger partial charge is 0.306 e.